The molecule has 0 bridgehead atoms. The number of aliphatic hydroxyl groups is 3. The van der Waals surface area contributed by atoms with Crippen LogP contribution in [0, 0.1) is 0 Å². The molecule has 2 aliphatic heterocycles. The topological polar surface area (TPSA) is 63.9 Å². The van der Waals surface area contributed by atoms with Crippen molar-refractivity contribution in [3.05, 3.63) is 0 Å². The van der Waals surface area contributed by atoms with E-state index in [-0.39, 0.29) is 6.04 Å². The van der Waals surface area contributed by atoms with Gasteiger partial charge < -0.3 is 15.3 Å². The lowest BCUT2D eigenvalue weighted by Gasteiger charge is -2.34. The van der Waals surface area contributed by atoms with Gasteiger partial charge in [-0.15, -0.1) is 0 Å². The van der Waals surface area contributed by atoms with Gasteiger partial charge in [-0.2, -0.15) is 0 Å². The lowest BCUT2D eigenvalue weighted by atomic mass is 9.97. The van der Waals surface area contributed by atoms with Crippen molar-refractivity contribution < 1.29 is 15.3 Å². The van der Waals surface area contributed by atoms with Crippen LogP contribution >= 0.6 is 0 Å². The molecule has 2 aliphatic rings. The summed E-state index contributed by atoms with van der Waals surface area (Å²) in [4.78, 5) is 1.98. The van der Waals surface area contributed by atoms with E-state index in [1.165, 1.54) is 0 Å². The van der Waals surface area contributed by atoms with Crippen LogP contribution in [0.2, 0.25) is 0 Å². The molecule has 4 atom stereocenters. The van der Waals surface area contributed by atoms with Crippen molar-refractivity contribution in [2.75, 3.05) is 13.1 Å². The lowest BCUT2D eigenvalue weighted by molar-refractivity contribution is -0.0282. The highest BCUT2D eigenvalue weighted by molar-refractivity contribution is 4.99. The van der Waals surface area contributed by atoms with E-state index in [1.807, 2.05) is 4.90 Å². The maximum Gasteiger partial charge on any atom is 0.0991 e. The Bertz CT molecular complexity index is 176. The third-order valence-corrected chi connectivity index (χ3v) is 2.93. The number of rotatable bonds is 0. The zero-order chi connectivity index (χ0) is 8.72. The van der Waals surface area contributed by atoms with Gasteiger partial charge in [-0.25, -0.2) is 0 Å². The molecule has 2 rings (SSSR count). The van der Waals surface area contributed by atoms with Crippen LogP contribution in [0.15, 0.2) is 0 Å². The Morgan fingerprint density at radius 3 is 2.50 bits per heavy atom. The van der Waals surface area contributed by atoms with Gasteiger partial charge in [0.2, 0.25) is 0 Å². The van der Waals surface area contributed by atoms with Crippen molar-refractivity contribution in [3.8, 4) is 0 Å². The Kier molecular flexibility index (Phi) is 2.08. The van der Waals surface area contributed by atoms with Gasteiger partial charge in [-0.3, -0.25) is 4.90 Å². The average Bonchev–Trinajstić information content (AvgIpc) is 2.29. The molecule has 2 saturated heterocycles. The molecule has 2 fully saturated rings. The van der Waals surface area contributed by atoms with E-state index >= 15 is 0 Å². The predicted octanol–water partition coefficient (Wildman–Crippen LogP) is -1.45. The molecule has 3 N–H and O–H groups in total. The van der Waals surface area contributed by atoms with Crippen LogP contribution < -0.4 is 0 Å². The Morgan fingerprint density at radius 2 is 1.83 bits per heavy atom. The van der Waals surface area contributed by atoms with Crippen LogP contribution in [0.1, 0.15) is 12.8 Å². The summed E-state index contributed by atoms with van der Waals surface area (Å²) in [5, 5.41) is 28.4. The van der Waals surface area contributed by atoms with E-state index < -0.39 is 18.3 Å². The summed E-state index contributed by atoms with van der Waals surface area (Å²) in [6.07, 6.45) is -0.212. The molecule has 1 unspecified atom stereocenters. The van der Waals surface area contributed by atoms with Crippen molar-refractivity contribution in [2.24, 2.45) is 0 Å². The second kappa shape index (κ2) is 2.96. The standard InChI is InChI=1S/C8H15NO3/c10-5-2-1-3-9-4-6(11)8(12)7(5)9/h5-8,10-12H,1-4H2/t5-,6-,7?,8-/m1/s1. The van der Waals surface area contributed by atoms with Gasteiger partial charge in [0.1, 0.15) is 0 Å². The fourth-order valence-corrected chi connectivity index (χ4v) is 2.30. The molecule has 0 radical (unpaired) electrons. The summed E-state index contributed by atoms with van der Waals surface area (Å²) in [5.74, 6) is 0. The number of fused-ring (bicyclic) bond motifs is 1. The molecule has 0 aromatic rings. The average molecular weight is 173 g/mol. The fraction of sp³-hybridized carbons (Fsp3) is 1.00. The Morgan fingerprint density at radius 1 is 1.08 bits per heavy atom. The first-order valence-electron chi connectivity index (χ1n) is 4.48. The molecule has 70 valence electrons. The smallest absolute Gasteiger partial charge is 0.0991 e. The molecular weight excluding hydrogens is 158 g/mol. The number of hydrogen-bond acceptors (Lipinski definition) is 4. The molecule has 2 heterocycles. The first kappa shape index (κ1) is 8.44. The van der Waals surface area contributed by atoms with Gasteiger partial charge in [-0.05, 0) is 19.4 Å². The van der Waals surface area contributed by atoms with E-state index in [1.54, 1.807) is 0 Å². The van der Waals surface area contributed by atoms with Gasteiger partial charge >= 0.3 is 0 Å². The normalized spacial score (nSPS) is 49.2. The van der Waals surface area contributed by atoms with Crippen LogP contribution in [-0.2, 0) is 0 Å². The van der Waals surface area contributed by atoms with E-state index in [0.717, 1.165) is 19.4 Å². The van der Waals surface area contributed by atoms with Crippen LogP contribution in [0.3, 0.4) is 0 Å². The third kappa shape index (κ3) is 1.15. The molecule has 4 nitrogen and oxygen atoms in total. The first-order chi connectivity index (χ1) is 5.70. The molecular formula is C8H15NO3. The highest BCUT2D eigenvalue weighted by Gasteiger charge is 2.45. The Labute approximate surface area is 71.4 Å². The van der Waals surface area contributed by atoms with Crippen LogP contribution in [-0.4, -0.2) is 57.7 Å². The van der Waals surface area contributed by atoms with Gasteiger partial charge in [-0.1, -0.05) is 0 Å². The summed E-state index contributed by atoms with van der Waals surface area (Å²) < 4.78 is 0. The van der Waals surface area contributed by atoms with E-state index in [0.29, 0.717) is 6.54 Å². The maximum atomic E-state index is 9.55. The number of piperidine rings is 1. The molecule has 0 aliphatic carbocycles. The van der Waals surface area contributed by atoms with Crippen molar-refractivity contribution in [2.45, 2.75) is 37.2 Å². The summed E-state index contributed by atoms with van der Waals surface area (Å²) in [5.41, 5.74) is 0. The number of hydrogen-bond donors (Lipinski definition) is 3. The van der Waals surface area contributed by atoms with Gasteiger partial charge in [0.25, 0.3) is 0 Å². The number of nitrogens with zero attached hydrogens (tertiary/aromatic N) is 1. The molecule has 0 amide bonds. The van der Waals surface area contributed by atoms with Crippen molar-refractivity contribution in [3.63, 3.8) is 0 Å². The SMILES string of the molecule is O[C@@H]1CCCN2C[C@@H](O)[C@@H](O)C12. The summed E-state index contributed by atoms with van der Waals surface area (Å²) in [6.45, 7) is 1.39. The molecule has 0 aromatic carbocycles. The first-order valence-corrected chi connectivity index (χ1v) is 4.48. The predicted molar refractivity (Wildman–Crippen MR) is 42.6 cm³/mol. The Balaban J connectivity index is 2.12. The molecule has 0 spiro atoms. The van der Waals surface area contributed by atoms with Crippen LogP contribution in [0.5, 0.6) is 0 Å². The fourth-order valence-electron chi connectivity index (χ4n) is 2.30. The minimum absolute atomic E-state index is 0.228. The minimum atomic E-state index is -0.764. The second-order valence-electron chi connectivity index (χ2n) is 3.75. The van der Waals surface area contributed by atoms with Crippen LogP contribution in [0.25, 0.3) is 0 Å². The highest BCUT2D eigenvalue weighted by Crippen LogP contribution is 2.27. The summed E-state index contributed by atoms with van der Waals surface area (Å²) in [7, 11) is 0. The van der Waals surface area contributed by atoms with Gasteiger partial charge in [0.15, 0.2) is 0 Å². The van der Waals surface area contributed by atoms with Gasteiger partial charge in [0.05, 0.1) is 24.4 Å². The van der Waals surface area contributed by atoms with Crippen molar-refractivity contribution >= 4 is 0 Å². The van der Waals surface area contributed by atoms with Crippen molar-refractivity contribution in [1.29, 1.82) is 0 Å². The number of aliphatic hydroxyl groups excluding tert-OH is 3. The summed E-state index contributed by atoms with van der Waals surface area (Å²) >= 11 is 0. The van der Waals surface area contributed by atoms with Crippen molar-refractivity contribution in [1.82, 2.24) is 4.90 Å². The van der Waals surface area contributed by atoms with E-state index in [2.05, 4.69) is 0 Å². The monoisotopic (exact) mass is 173 g/mol. The minimum Gasteiger partial charge on any atom is -0.391 e. The molecule has 0 aromatic heterocycles. The van der Waals surface area contributed by atoms with E-state index in [9.17, 15) is 15.3 Å². The second-order valence-corrected chi connectivity index (χ2v) is 3.75. The maximum absolute atomic E-state index is 9.55. The zero-order valence-electron chi connectivity index (χ0n) is 6.93. The third-order valence-electron chi connectivity index (χ3n) is 2.93. The highest BCUT2D eigenvalue weighted by atomic mass is 16.3. The van der Waals surface area contributed by atoms with Crippen LogP contribution in [0.4, 0.5) is 0 Å². The zero-order valence-corrected chi connectivity index (χ0v) is 6.93. The Hall–Kier alpha value is -0.160. The largest absolute Gasteiger partial charge is 0.391 e. The quantitative estimate of drug-likeness (QED) is 0.419. The molecule has 4 heteroatoms. The van der Waals surface area contributed by atoms with E-state index in [4.69, 9.17) is 0 Å². The molecule has 0 saturated carbocycles. The van der Waals surface area contributed by atoms with Gasteiger partial charge in [0, 0.05) is 6.54 Å². The molecule has 12 heavy (non-hydrogen) atoms. The lowest BCUT2D eigenvalue weighted by Crippen LogP contribution is -2.48. The summed E-state index contributed by atoms with van der Waals surface area (Å²) in [6, 6.07) is -0.228.